The van der Waals surface area contributed by atoms with E-state index in [9.17, 15) is 0 Å². The zero-order chi connectivity index (χ0) is 12.8. The molecule has 1 heterocycles. The average Bonchev–Trinajstić information content (AvgIpc) is 3.08. The zero-order valence-corrected chi connectivity index (χ0v) is 11.6. The van der Waals surface area contributed by atoms with Crippen LogP contribution < -0.4 is 5.32 Å². The summed E-state index contributed by atoms with van der Waals surface area (Å²) in [6.45, 7) is 7.02. The van der Waals surface area contributed by atoms with Gasteiger partial charge in [0.1, 0.15) is 0 Å². The van der Waals surface area contributed by atoms with E-state index in [1.54, 1.807) is 0 Å². The van der Waals surface area contributed by atoms with Crippen LogP contribution in [0.3, 0.4) is 0 Å². The van der Waals surface area contributed by atoms with Gasteiger partial charge in [-0.15, -0.1) is 0 Å². The van der Waals surface area contributed by atoms with Crippen LogP contribution >= 0.6 is 0 Å². The van der Waals surface area contributed by atoms with E-state index in [0.717, 1.165) is 32.2 Å². The van der Waals surface area contributed by atoms with E-state index in [1.807, 2.05) is 12.5 Å². The Hall–Kier alpha value is -0.870. The summed E-state index contributed by atoms with van der Waals surface area (Å²) < 4.78 is 7.83. The van der Waals surface area contributed by atoms with E-state index < -0.39 is 0 Å². The molecule has 0 amide bonds. The van der Waals surface area contributed by atoms with Crippen LogP contribution in [0.15, 0.2) is 12.5 Å². The maximum absolute atomic E-state index is 5.51. The van der Waals surface area contributed by atoms with Crippen LogP contribution in [0.2, 0.25) is 0 Å². The summed E-state index contributed by atoms with van der Waals surface area (Å²) in [4.78, 5) is 4.23. The van der Waals surface area contributed by atoms with Crippen molar-refractivity contribution in [1.29, 1.82) is 0 Å². The van der Waals surface area contributed by atoms with Gasteiger partial charge in [0.25, 0.3) is 0 Å². The first-order chi connectivity index (χ1) is 8.77. The molecule has 0 bridgehead atoms. The van der Waals surface area contributed by atoms with Crippen LogP contribution in [0.25, 0.3) is 0 Å². The normalized spacial score (nSPS) is 15.5. The number of nitrogens with one attached hydrogen (secondary N) is 1. The van der Waals surface area contributed by atoms with E-state index >= 15 is 0 Å². The number of hydrogen-bond acceptors (Lipinski definition) is 3. The molecule has 0 aliphatic heterocycles. The van der Waals surface area contributed by atoms with Gasteiger partial charge in [0, 0.05) is 25.4 Å². The smallest absolute Gasteiger partial charge is 0.0951 e. The Balaban J connectivity index is 1.54. The van der Waals surface area contributed by atoms with E-state index in [-0.39, 0.29) is 0 Å². The lowest BCUT2D eigenvalue weighted by atomic mass is 10.3. The van der Waals surface area contributed by atoms with Gasteiger partial charge < -0.3 is 14.6 Å². The van der Waals surface area contributed by atoms with Crippen molar-refractivity contribution in [2.24, 2.45) is 0 Å². The van der Waals surface area contributed by atoms with Crippen molar-refractivity contribution in [3.63, 3.8) is 0 Å². The van der Waals surface area contributed by atoms with E-state index in [4.69, 9.17) is 4.74 Å². The molecule has 1 aliphatic carbocycles. The summed E-state index contributed by atoms with van der Waals surface area (Å²) in [6.07, 6.45) is 9.23. The molecule has 1 fully saturated rings. The molecule has 18 heavy (non-hydrogen) atoms. The number of hydrogen-bond donors (Lipinski definition) is 1. The molecule has 4 heteroatoms. The number of ether oxygens (including phenoxy) is 1. The first-order valence-electron chi connectivity index (χ1n) is 7.10. The maximum atomic E-state index is 5.51. The van der Waals surface area contributed by atoms with Gasteiger partial charge in [-0.25, -0.2) is 4.98 Å². The molecule has 1 aromatic rings. The summed E-state index contributed by atoms with van der Waals surface area (Å²) in [5.41, 5.74) is 1.32. The van der Waals surface area contributed by atoms with E-state index in [2.05, 4.69) is 28.7 Å². The monoisotopic (exact) mass is 251 g/mol. The van der Waals surface area contributed by atoms with Crippen LogP contribution in [0.1, 0.15) is 51.3 Å². The molecular formula is C14H25N3O. The van der Waals surface area contributed by atoms with Crippen LogP contribution in [0.4, 0.5) is 0 Å². The Bertz CT molecular complexity index is 345. The Kier molecular flexibility index (Phi) is 5.20. The molecule has 0 radical (unpaired) electrons. The second-order valence-corrected chi connectivity index (χ2v) is 5.33. The maximum Gasteiger partial charge on any atom is 0.0951 e. The Morgan fingerprint density at radius 1 is 1.44 bits per heavy atom. The third-order valence-corrected chi connectivity index (χ3v) is 3.19. The molecular weight excluding hydrogens is 226 g/mol. The Morgan fingerprint density at radius 3 is 3.00 bits per heavy atom. The van der Waals surface area contributed by atoms with Crippen LogP contribution in [-0.2, 0) is 11.3 Å². The predicted octanol–water partition coefficient (Wildman–Crippen LogP) is 2.51. The third-order valence-electron chi connectivity index (χ3n) is 3.19. The number of imidazole rings is 1. The summed E-state index contributed by atoms with van der Waals surface area (Å²) in [7, 11) is 0. The van der Waals surface area contributed by atoms with Crippen LogP contribution in [0, 0.1) is 0 Å². The fourth-order valence-corrected chi connectivity index (χ4v) is 2.04. The van der Waals surface area contributed by atoms with Gasteiger partial charge >= 0.3 is 0 Å². The van der Waals surface area contributed by atoms with E-state index in [1.165, 1.54) is 25.0 Å². The van der Waals surface area contributed by atoms with Gasteiger partial charge in [0.15, 0.2) is 0 Å². The Morgan fingerprint density at radius 2 is 2.28 bits per heavy atom. The minimum absolute atomic E-state index is 0.353. The number of aromatic nitrogens is 2. The molecule has 1 aliphatic rings. The molecule has 0 atom stereocenters. The molecule has 1 N–H and O–H groups in total. The zero-order valence-electron chi connectivity index (χ0n) is 11.6. The first kappa shape index (κ1) is 13.6. The fourth-order valence-electron chi connectivity index (χ4n) is 2.04. The second kappa shape index (κ2) is 6.90. The standard InChI is InChI=1S/C14H25N3O/c1-12(2)18-8-4-3-7-15-9-14-10-16-11-17(14)13-5-6-13/h10-13,15H,3-9H2,1-2H3. The van der Waals surface area contributed by atoms with Gasteiger partial charge in [-0.3, -0.25) is 0 Å². The van der Waals surface area contributed by atoms with Crippen molar-refractivity contribution in [2.45, 2.75) is 58.2 Å². The van der Waals surface area contributed by atoms with E-state index in [0.29, 0.717) is 6.10 Å². The van der Waals surface area contributed by atoms with Crippen molar-refractivity contribution >= 4 is 0 Å². The van der Waals surface area contributed by atoms with Crippen molar-refractivity contribution < 1.29 is 4.74 Å². The molecule has 0 saturated heterocycles. The van der Waals surface area contributed by atoms with Gasteiger partial charge in [0.2, 0.25) is 0 Å². The summed E-state index contributed by atoms with van der Waals surface area (Å²) in [5.74, 6) is 0. The van der Waals surface area contributed by atoms with Gasteiger partial charge in [0.05, 0.1) is 18.1 Å². The van der Waals surface area contributed by atoms with Crippen LogP contribution in [-0.4, -0.2) is 28.8 Å². The van der Waals surface area contributed by atoms with Crippen molar-refractivity contribution in [3.05, 3.63) is 18.2 Å². The summed E-state index contributed by atoms with van der Waals surface area (Å²) in [5, 5.41) is 3.48. The SMILES string of the molecule is CC(C)OCCCCNCc1cncn1C1CC1. The quantitative estimate of drug-likeness (QED) is 0.685. The van der Waals surface area contributed by atoms with Crippen molar-refractivity contribution in [1.82, 2.24) is 14.9 Å². The predicted molar refractivity (Wildman–Crippen MR) is 72.5 cm³/mol. The highest BCUT2D eigenvalue weighted by atomic mass is 16.5. The summed E-state index contributed by atoms with van der Waals surface area (Å²) >= 11 is 0. The molecule has 0 unspecified atom stereocenters. The van der Waals surface area contributed by atoms with Gasteiger partial charge in [-0.1, -0.05) is 0 Å². The van der Waals surface area contributed by atoms with Gasteiger partial charge in [-0.2, -0.15) is 0 Å². The lowest BCUT2D eigenvalue weighted by Crippen LogP contribution is -2.17. The third kappa shape index (κ3) is 4.42. The number of rotatable bonds is 9. The summed E-state index contributed by atoms with van der Waals surface area (Å²) in [6, 6.07) is 0.726. The Labute approximate surface area is 110 Å². The van der Waals surface area contributed by atoms with Crippen molar-refractivity contribution in [2.75, 3.05) is 13.2 Å². The minimum Gasteiger partial charge on any atom is -0.379 e. The largest absolute Gasteiger partial charge is 0.379 e. The molecule has 2 rings (SSSR count). The highest BCUT2D eigenvalue weighted by molar-refractivity contribution is 5.03. The molecule has 0 aromatic carbocycles. The first-order valence-corrected chi connectivity index (χ1v) is 7.10. The molecule has 0 spiro atoms. The minimum atomic E-state index is 0.353. The number of nitrogens with zero attached hydrogens (tertiary/aromatic N) is 2. The molecule has 102 valence electrons. The van der Waals surface area contributed by atoms with Crippen molar-refractivity contribution in [3.8, 4) is 0 Å². The second-order valence-electron chi connectivity index (χ2n) is 5.33. The lowest BCUT2D eigenvalue weighted by molar-refractivity contribution is 0.0760. The topological polar surface area (TPSA) is 39.1 Å². The fraction of sp³-hybridized carbons (Fsp3) is 0.786. The lowest BCUT2D eigenvalue weighted by Gasteiger charge is -2.09. The molecule has 1 aromatic heterocycles. The molecule has 1 saturated carbocycles. The van der Waals surface area contributed by atoms with Crippen LogP contribution in [0.5, 0.6) is 0 Å². The highest BCUT2D eigenvalue weighted by Crippen LogP contribution is 2.35. The molecule has 4 nitrogen and oxygen atoms in total. The average molecular weight is 251 g/mol. The van der Waals surface area contributed by atoms with Gasteiger partial charge in [-0.05, 0) is 46.1 Å². The number of unbranched alkanes of at least 4 members (excludes halogenated alkanes) is 1. The highest BCUT2D eigenvalue weighted by Gasteiger charge is 2.24.